The van der Waals surface area contributed by atoms with Crippen molar-refractivity contribution in [1.29, 1.82) is 0 Å². The van der Waals surface area contributed by atoms with E-state index in [1.54, 1.807) is 6.20 Å². The Morgan fingerprint density at radius 2 is 1.83 bits per heavy atom. The molecule has 0 aliphatic rings. The molecule has 0 aromatic carbocycles. The third-order valence-electron chi connectivity index (χ3n) is 1.66. The van der Waals surface area contributed by atoms with E-state index in [-0.39, 0.29) is 0 Å². The first-order chi connectivity index (χ1) is 5.75. The van der Waals surface area contributed by atoms with E-state index in [0.717, 1.165) is 22.6 Å². The predicted octanol–water partition coefficient (Wildman–Crippen LogP) is 1.64. The molecule has 12 heavy (non-hydrogen) atoms. The van der Waals surface area contributed by atoms with Gasteiger partial charge in [0.2, 0.25) is 0 Å². The van der Waals surface area contributed by atoms with Gasteiger partial charge in [0, 0.05) is 5.69 Å². The summed E-state index contributed by atoms with van der Waals surface area (Å²) in [4.78, 5) is 12.7. The van der Waals surface area contributed by atoms with Gasteiger partial charge < -0.3 is 0 Å². The summed E-state index contributed by atoms with van der Waals surface area (Å²) < 4.78 is 0. The fourth-order valence-electron chi connectivity index (χ4n) is 1.09. The van der Waals surface area contributed by atoms with Gasteiger partial charge >= 0.3 is 0 Å². The molecule has 0 aliphatic carbocycles. The molecule has 0 saturated heterocycles. The molecule has 2 rings (SSSR count). The monoisotopic (exact) mass is 159 g/mol. The molecule has 2 heterocycles. The van der Waals surface area contributed by atoms with Crippen LogP contribution in [0.15, 0.2) is 18.3 Å². The highest BCUT2D eigenvalue weighted by atomic mass is 14.9. The van der Waals surface area contributed by atoms with Crippen LogP contribution in [0.3, 0.4) is 0 Å². The van der Waals surface area contributed by atoms with Gasteiger partial charge in [0.05, 0.1) is 11.9 Å². The Morgan fingerprint density at radius 1 is 1.00 bits per heavy atom. The van der Waals surface area contributed by atoms with Crippen LogP contribution in [-0.4, -0.2) is 15.0 Å². The van der Waals surface area contributed by atoms with Crippen molar-refractivity contribution in [2.45, 2.75) is 13.8 Å². The highest BCUT2D eigenvalue weighted by Crippen LogP contribution is 2.06. The lowest BCUT2D eigenvalue weighted by molar-refractivity contribution is 1.13. The molecule has 0 bridgehead atoms. The molecule has 0 radical (unpaired) electrons. The molecule has 0 atom stereocenters. The van der Waals surface area contributed by atoms with Crippen molar-refractivity contribution in [2.75, 3.05) is 0 Å². The molecule has 0 saturated carbocycles. The maximum atomic E-state index is 4.29. The third kappa shape index (κ3) is 1.13. The normalized spacial score (nSPS) is 10.5. The summed E-state index contributed by atoms with van der Waals surface area (Å²) in [6.45, 7) is 3.87. The molecule has 0 N–H and O–H groups in total. The van der Waals surface area contributed by atoms with Crippen molar-refractivity contribution in [2.24, 2.45) is 0 Å². The molecule has 2 aromatic rings. The van der Waals surface area contributed by atoms with Gasteiger partial charge in [-0.2, -0.15) is 0 Å². The summed E-state index contributed by atoms with van der Waals surface area (Å²) in [6.07, 6.45) is 1.73. The molecule has 3 heteroatoms. The van der Waals surface area contributed by atoms with Crippen molar-refractivity contribution in [1.82, 2.24) is 15.0 Å². The average Bonchev–Trinajstić information content (AvgIpc) is 2.05. The third-order valence-corrected chi connectivity index (χ3v) is 1.66. The van der Waals surface area contributed by atoms with Gasteiger partial charge in [0.15, 0.2) is 5.65 Å². The van der Waals surface area contributed by atoms with Crippen LogP contribution in [0.2, 0.25) is 0 Å². The summed E-state index contributed by atoms with van der Waals surface area (Å²) in [7, 11) is 0. The van der Waals surface area contributed by atoms with E-state index in [4.69, 9.17) is 0 Å². The SMILES string of the molecule is Cc1cnc2nc(C)ccc2n1. The zero-order valence-electron chi connectivity index (χ0n) is 7.07. The second kappa shape index (κ2) is 2.52. The zero-order valence-corrected chi connectivity index (χ0v) is 7.07. The van der Waals surface area contributed by atoms with Gasteiger partial charge in [-0.25, -0.2) is 15.0 Å². The topological polar surface area (TPSA) is 38.7 Å². The minimum absolute atomic E-state index is 0.723. The number of hydrogen-bond donors (Lipinski definition) is 0. The lowest BCUT2D eigenvalue weighted by Gasteiger charge is -1.97. The second-order valence-electron chi connectivity index (χ2n) is 2.81. The lowest BCUT2D eigenvalue weighted by atomic mass is 10.3. The van der Waals surface area contributed by atoms with E-state index in [0.29, 0.717) is 0 Å². The standard InChI is InChI=1S/C9H9N3/c1-6-3-4-8-9(12-6)10-5-7(2)11-8/h3-5H,1-2H3. The van der Waals surface area contributed by atoms with E-state index >= 15 is 0 Å². The summed E-state index contributed by atoms with van der Waals surface area (Å²) in [6, 6.07) is 3.88. The van der Waals surface area contributed by atoms with E-state index in [1.165, 1.54) is 0 Å². The number of aromatic nitrogens is 3. The summed E-state index contributed by atoms with van der Waals surface area (Å²) >= 11 is 0. The minimum Gasteiger partial charge on any atom is -0.248 e. The quantitative estimate of drug-likeness (QED) is 0.586. The van der Waals surface area contributed by atoms with Gasteiger partial charge in [-0.3, -0.25) is 0 Å². The Kier molecular flexibility index (Phi) is 1.50. The Bertz CT molecular complexity index is 382. The number of rotatable bonds is 0. The van der Waals surface area contributed by atoms with Crippen molar-refractivity contribution in [3.05, 3.63) is 29.7 Å². The molecular weight excluding hydrogens is 150 g/mol. The lowest BCUT2D eigenvalue weighted by Crippen LogP contribution is -1.90. The van der Waals surface area contributed by atoms with Crippen molar-refractivity contribution >= 4 is 11.2 Å². The van der Waals surface area contributed by atoms with Crippen molar-refractivity contribution in [3.8, 4) is 0 Å². The van der Waals surface area contributed by atoms with Gasteiger partial charge in [-0.15, -0.1) is 0 Å². The van der Waals surface area contributed by atoms with Crippen LogP contribution in [0.5, 0.6) is 0 Å². The van der Waals surface area contributed by atoms with Crippen LogP contribution in [0.4, 0.5) is 0 Å². The van der Waals surface area contributed by atoms with Gasteiger partial charge in [0.25, 0.3) is 0 Å². The van der Waals surface area contributed by atoms with Crippen LogP contribution in [0.1, 0.15) is 11.4 Å². The molecule has 0 spiro atoms. The van der Waals surface area contributed by atoms with Crippen molar-refractivity contribution in [3.63, 3.8) is 0 Å². The maximum absolute atomic E-state index is 4.29. The van der Waals surface area contributed by atoms with Crippen LogP contribution in [0, 0.1) is 13.8 Å². The molecule has 0 aliphatic heterocycles. The predicted molar refractivity (Wildman–Crippen MR) is 46.8 cm³/mol. The number of hydrogen-bond acceptors (Lipinski definition) is 3. The average molecular weight is 159 g/mol. The van der Waals surface area contributed by atoms with Crippen LogP contribution in [-0.2, 0) is 0 Å². The number of fused-ring (bicyclic) bond motifs is 1. The smallest absolute Gasteiger partial charge is 0.178 e. The summed E-state index contributed by atoms with van der Waals surface area (Å²) in [5.74, 6) is 0. The second-order valence-corrected chi connectivity index (χ2v) is 2.81. The van der Waals surface area contributed by atoms with Gasteiger partial charge in [-0.05, 0) is 26.0 Å². The van der Waals surface area contributed by atoms with E-state index in [9.17, 15) is 0 Å². The van der Waals surface area contributed by atoms with Crippen LogP contribution >= 0.6 is 0 Å². The first kappa shape index (κ1) is 7.16. The first-order valence-electron chi connectivity index (χ1n) is 3.83. The number of pyridine rings is 1. The highest BCUT2D eigenvalue weighted by Gasteiger charge is 1.96. The molecular formula is C9H9N3. The molecule has 3 nitrogen and oxygen atoms in total. The van der Waals surface area contributed by atoms with Crippen LogP contribution < -0.4 is 0 Å². The minimum atomic E-state index is 0.723. The number of aryl methyl sites for hydroxylation is 2. The Hall–Kier alpha value is -1.51. The van der Waals surface area contributed by atoms with E-state index < -0.39 is 0 Å². The van der Waals surface area contributed by atoms with E-state index in [1.807, 2.05) is 26.0 Å². The largest absolute Gasteiger partial charge is 0.248 e. The van der Waals surface area contributed by atoms with Gasteiger partial charge in [0.1, 0.15) is 5.52 Å². The molecule has 0 amide bonds. The molecule has 60 valence electrons. The van der Waals surface area contributed by atoms with E-state index in [2.05, 4.69) is 15.0 Å². The van der Waals surface area contributed by atoms with Gasteiger partial charge in [-0.1, -0.05) is 0 Å². The summed E-state index contributed by atoms with van der Waals surface area (Å²) in [5.41, 5.74) is 3.48. The fourth-order valence-corrected chi connectivity index (χ4v) is 1.09. The first-order valence-corrected chi connectivity index (χ1v) is 3.83. The molecule has 2 aromatic heterocycles. The molecule has 0 unspecified atom stereocenters. The molecule has 0 fully saturated rings. The fraction of sp³-hybridized carbons (Fsp3) is 0.222. The summed E-state index contributed by atoms with van der Waals surface area (Å²) in [5, 5.41) is 0. The Labute approximate surface area is 70.5 Å². The van der Waals surface area contributed by atoms with Crippen molar-refractivity contribution < 1.29 is 0 Å². The Morgan fingerprint density at radius 3 is 2.67 bits per heavy atom. The van der Waals surface area contributed by atoms with Crippen LogP contribution in [0.25, 0.3) is 11.2 Å². The maximum Gasteiger partial charge on any atom is 0.178 e. The number of nitrogens with zero attached hydrogens (tertiary/aromatic N) is 3. The highest BCUT2D eigenvalue weighted by molar-refractivity contribution is 5.69. The Balaban J connectivity index is 2.79. The zero-order chi connectivity index (χ0) is 8.55.